The first kappa shape index (κ1) is 23.5. The number of nitrogens with one attached hydrogen (secondary N) is 1. The number of nitrogens with zero attached hydrogens (tertiary/aromatic N) is 1. The molecule has 30 heavy (non-hydrogen) atoms. The van der Waals surface area contributed by atoms with E-state index in [1.54, 1.807) is 17.0 Å². The molecule has 2 aromatic rings. The van der Waals surface area contributed by atoms with Crippen LogP contribution in [-0.2, 0) is 20.9 Å². The lowest BCUT2D eigenvalue weighted by molar-refractivity contribution is -0.141. The second-order valence-corrected chi connectivity index (χ2v) is 7.05. The van der Waals surface area contributed by atoms with E-state index < -0.39 is 6.04 Å². The Morgan fingerprint density at radius 2 is 1.77 bits per heavy atom. The van der Waals surface area contributed by atoms with Crippen LogP contribution in [0.3, 0.4) is 0 Å². The second kappa shape index (κ2) is 12.8. The maximum Gasteiger partial charge on any atom is 0.247 e. The molecule has 0 saturated carbocycles. The van der Waals surface area contributed by atoms with Crippen molar-refractivity contribution in [1.82, 2.24) is 10.2 Å². The summed E-state index contributed by atoms with van der Waals surface area (Å²) in [4.78, 5) is 27.8. The quantitative estimate of drug-likeness (QED) is 0.529. The first-order chi connectivity index (χ1) is 14.6. The van der Waals surface area contributed by atoms with Gasteiger partial charge in [0.05, 0.1) is 0 Å². The van der Waals surface area contributed by atoms with Crippen LogP contribution in [0, 0.1) is 5.82 Å². The Balaban J connectivity index is 2.28. The maximum atomic E-state index is 13.3. The lowest BCUT2D eigenvalue weighted by Crippen LogP contribution is -2.43. The molecule has 162 valence electrons. The smallest absolute Gasteiger partial charge is 0.247 e. The standard InChI is InChI=1S/C24H31FN2O3/c1-3-9-22(28)27(18-19-12-14-21(25)15-13-19)23(20-10-6-5-7-11-20)24(29)26-16-8-17-30-4-2/h5-7,10-15,23H,3-4,8-9,16-18H2,1-2H3,(H,26,29)/t23-/m1/s1. The SMILES string of the molecule is CCCC(=O)N(Cc1ccc(F)cc1)[C@@H](C(=O)NCCCOCC)c1ccccc1. The zero-order valence-corrected chi connectivity index (χ0v) is 17.8. The van der Waals surface area contributed by atoms with Crippen LogP contribution in [0.25, 0.3) is 0 Å². The summed E-state index contributed by atoms with van der Waals surface area (Å²) in [7, 11) is 0. The van der Waals surface area contributed by atoms with E-state index in [1.807, 2.05) is 44.2 Å². The highest BCUT2D eigenvalue weighted by Gasteiger charge is 2.30. The Hall–Kier alpha value is -2.73. The molecule has 0 aromatic heterocycles. The summed E-state index contributed by atoms with van der Waals surface area (Å²) >= 11 is 0. The van der Waals surface area contributed by atoms with Crippen LogP contribution in [0.15, 0.2) is 54.6 Å². The lowest BCUT2D eigenvalue weighted by Gasteiger charge is -2.31. The molecule has 0 fully saturated rings. The fourth-order valence-electron chi connectivity index (χ4n) is 3.20. The van der Waals surface area contributed by atoms with Gasteiger partial charge >= 0.3 is 0 Å². The van der Waals surface area contributed by atoms with Crippen molar-refractivity contribution < 1.29 is 18.7 Å². The van der Waals surface area contributed by atoms with Crippen molar-refractivity contribution in [3.05, 3.63) is 71.5 Å². The summed E-state index contributed by atoms with van der Waals surface area (Å²) in [6, 6.07) is 14.5. The minimum atomic E-state index is -0.762. The third-order valence-electron chi connectivity index (χ3n) is 4.69. The summed E-state index contributed by atoms with van der Waals surface area (Å²) in [6.45, 7) is 5.76. The van der Waals surface area contributed by atoms with Gasteiger partial charge < -0.3 is 15.0 Å². The van der Waals surface area contributed by atoms with Crippen molar-refractivity contribution in [2.24, 2.45) is 0 Å². The minimum Gasteiger partial charge on any atom is -0.382 e. The van der Waals surface area contributed by atoms with Gasteiger partial charge in [-0.2, -0.15) is 0 Å². The highest BCUT2D eigenvalue weighted by Crippen LogP contribution is 2.25. The molecule has 0 aliphatic rings. The molecule has 5 nitrogen and oxygen atoms in total. The van der Waals surface area contributed by atoms with Gasteiger partial charge in [-0.3, -0.25) is 9.59 Å². The number of hydrogen-bond donors (Lipinski definition) is 1. The normalized spacial score (nSPS) is 11.7. The molecule has 0 spiro atoms. The Bertz CT molecular complexity index is 781. The lowest BCUT2D eigenvalue weighted by atomic mass is 10.0. The molecule has 1 atom stereocenters. The number of benzene rings is 2. The molecule has 1 N–H and O–H groups in total. The van der Waals surface area contributed by atoms with Crippen molar-refractivity contribution in [3.8, 4) is 0 Å². The number of amides is 2. The zero-order valence-electron chi connectivity index (χ0n) is 17.8. The zero-order chi connectivity index (χ0) is 21.8. The number of carbonyl (C=O) groups is 2. The van der Waals surface area contributed by atoms with E-state index >= 15 is 0 Å². The molecule has 6 heteroatoms. The topological polar surface area (TPSA) is 58.6 Å². The van der Waals surface area contributed by atoms with Crippen LogP contribution >= 0.6 is 0 Å². The summed E-state index contributed by atoms with van der Waals surface area (Å²) in [5.41, 5.74) is 1.51. The number of halogens is 1. The Kier molecular flexibility index (Phi) is 10.0. The molecule has 2 amide bonds. The molecule has 0 saturated heterocycles. The van der Waals surface area contributed by atoms with Crippen molar-refractivity contribution in [1.29, 1.82) is 0 Å². The predicted octanol–water partition coefficient (Wildman–Crippen LogP) is 4.24. The van der Waals surface area contributed by atoms with Crippen LogP contribution < -0.4 is 5.32 Å². The molecule has 0 aliphatic carbocycles. The van der Waals surface area contributed by atoms with Crippen molar-refractivity contribution >= 4 is 11.8 Å². The van der Waals surface area contributed by atoms with Gasteiger partial charge in [-0.05, 0) is 43.0 Å². The van der Waals surface area contributed by atoms with Crippen LogP contribution in [0.1, 0.15) is 50.3 Å². The number of carbonyl (C=O) groups excluding carboxylic acids is 2. The van der Waals surface area contributed by atoms with Crippen LogP contribution in [0.4, 0.5) is 4.39 Å². The summed E-state index contributed by atoms with van der Waals surface area (Å²) in [5, 5.41) is 2.94. The molecular formula is C24H31FN2O3. The number of rotatable bonds is 12. The van der Waals surface area contributed by atoms with E-state index in [9.17, 15) is 14.0 Å². The van der Waals surface area contributed by atoms with Crippen LogP contribution in [0.2, 0.25) is 0 Å². The average Bonchev–Trinajstić information content (AvgIpc) is 2.75. The van der Waals surface area contributed by atoms with E-state index in [1.165, 1.54) is 12.1 Å². The summed E-state index contributed by atoms with van der Waals surface area (Å²) < 4.78 is 18.6. The molecule has 0 heterocycles. The first-order valence-electron chi connectivity index (χ1n) is 10.5. The highest BCUT2D eigenvalue weighted by atomic mass is 19.1. The molecule has 0 unspecified atom stereocenters. The third-order valence-corrected chi connectivity index (χ3v) is 4.69. The van der Waals surface area contributed by atoms with Crippen LogP contribution in [-0.4, -0.2) is 36.5 Å². The Morgan fingerprint density at radius 1 is 1.07 bits per heavy atom. The van der Waals surface area contributed by atoms with E-state index in [-0.39, 0.29) is 24.2 Å². The second-order valence-electron chi connectivity index (χ2n) is 7.05. The van der Waals surface area contributed by atoms with Gasteiger partial charge in [0, 0.05) is 32.7 Å². The maximum absolute atomic E-state index is 13.3. The van der Waals surface area contributed by atoms with E-state index in [0.717, 1.165) is 11.1 Å². The minimum absolute atomic E-state index is 0.111. The Labute approximate surface area is 178 Å². The van der Waals surface area contributed by atoms with Gasteiger partial charge in [0.15, 0.2) is 0 Å². The van der Waals surface area contributed by atoms with Gasteiger partial charge in [-0.1, -0.05) is 49.4 Å². The van der Waals surface area contributed by atoms with Gasteiger partial charge in [-0.15, -0.1) is 0 Å². The van der Waals surface area contributed by atoms with Gasteiger partial charge in [0.2, 0.25) is 11.8 Å². The predicted molar refractivity (Wildman–Crippen MR) is 115 cm³/mol. The number of hydrogen-bond acceptors (Lipinski definition) is 3. The summed E-state index contributed by atoms with van der Waals surface area (Å²) in [6.07, 6.45) is 1.71. The highest BCUT2D eigenvalue weighted by molar-refractivity contribution is 5.88. The fraction of sp³-hybridized carbons (Fsp3) is 0.417. The van der Waals surface area contributed by atoms with E-state index in [4.69, 9.17) is 4.74 Å². The van der Waals surface area contributed by atoms with Gasteiger partial charge in [0.1, 0.15) is 11.9 Å². The largest absolute Gasteiger partial charge is 0.382 e. The molecular weight excluding hydrogens is 383 g/mol. The van der Waals surface area contributed by atoms with Crippen LogP contribution in [0.5, 0.6) is 0 Å². The Morgan fingerprint density at radius 3 is 2.40 bits per heavy atom. The molecule has 0 aliphatic heterocycles. The van der Waals surface area contributed by atoms with Gasteiger partial charge in [0.25, 0.3) is 0 Å². The first-order valence-corrected chi connectivity index (χ1v) is 10.5. The van der Waals surface area contributed by atoms with Crippen molar-refractivity contribution in [2.45, 2.75) is 45.7 Å². The molecule has 2 rings (SSSR count). The van der Waals surface area contributed by atoms with Crippen molar-refractivity contribution in [3.63, 3.8) is 0 Å². The molecule has 0 radical (unpaired) electrons. The molecule has 2 aromatic carbocycles. The van der Waals surface area contributed by atoms with Gasteiger partial charge in [-0.25, -0.2) is 4.39 Å². The van der Waals surface area contributed by atoms with E-state index in [2.05, 4.69) is 5.32 Å². The molecule has 0 bridgehead atoms. The van der Waals surface area contributed by atoms with E-state index in [0.29, 0.717) is 39.0 Å². The summed E-state index contributed by atoms with van der Waals surface area (Å²) in [5.74, 6) is -0.679. The average molecular weight is 415 g/mol. The third kappa shape index (κ3) is 7.26. The fourth-order valence-corrected chi connectivity index (χ4v) is 3.20. The monoisotopic (exact) mass is 414 g/mol. The number of ether oxygens (including phenoxy) is 1. The van der Waals surface area contributed by atoms with Crippen molar-refractivity contribution in [2.75, 3.05) is 19.8 Å².